The fourth-order valence-corrected chi connectivity index (χ4v) is 1.49. The van der Waals surface area contributed by atoms with Crippen LogP contribution in [-0.2, 0) is 22.7 Å². The van der Waals surface area contributed by atoms with E-state index in [2.05, 4.69) is 10.3 Å². The number of hydrogen-bond donors (Lipinski definition) is 4. The number of pyridine rings is 1. The van der Waals surface area contributed by atoms with Gasteiger partial charge in [0.1, 0.15) is 5.75 Å². The summed E-state index contributed by atoms with van der Waals surface area (Å²) < 4.78 is 0. The summed E-state index contributed by atoms with van der Waals surface area (Å²) in [6, 6.07) is 13.2. The Hall–Kier alpha value is -2.93. The molecule has 0 aliphatic carbocycles. The van der Waals surface area contributed by atoms with Gasteiger partial charge in [0.15, 0.2) is 0 Å². The molecule has 22 heavy (non-hydrogen) atoms. The molecule has 1 aromatic heterocycles. The fourth-order valence-electron chi connectivity index (χ4n) is 1.49. The number of hydrogen-bond acceptors (Lipinski definition) is 5. The van der Waals surface area contributed by atoms with Gasteiger partial charge in [-0.25, -0.2) is 9.59 Å². The number of aromatic nitrogens is 1. The van der Waals surface area contributed by atoms with Crippen LogP contribution < -0.4 is 5.32 Å². The van der Waals surface area contributed by atoms with Crippen molar-refractivity contribution in [2.75, 3.05) is 0 Å². The Bertz CT molecular complexity index is 604. The third-order valence-electron chi connectivity index (χ3n) is 2.52. The zero-order valence-electron chi connectivity index (χ0n) is 11.6. The molecule has 0 aliphatic heterocycles. The molecule has 2 rings (SSSR count). The van der Waals surface area contributed by atoms with Gasteiger partial charge in [0.25, 0.3) is 0 Å². The molecule has 2 aromatic rings. The third kappa shape index (κ3) is 6.49. The van der Waals surface area contributed by atoms with E-state index in [0.717, 1.165) is 11.3 Å². The van der Waals surface area contributed by atoms with Crippen molar-refractivity contribution in [2.45, 2.75) is 13.1 Å². The molecule has 0 spiro atoms. The number of aromatic hydroxyl groups is 1. The molecule has 4 N–H and O–H groups in total. The number of aliphatic carboxylic acids is 2. The number of carbonyl (C=O) groups is 2. The quantitative estimate of drug-likeness (QED) is 0.627. The van der Waals surface area contributed by atoms with E-state index in [1.54, 1.807) is 12.3 Å². The Morgan fingerprint density at radius 1 is 0.955 bits per heavy atom. The lowest BCUT2D eigenvalue weighted by atomic mass is 10.2. The third-order valence-corrected chi connectivity index (χ3v) is 2.52. The number of nitrogens with one attached hydrogen (secondary N) is 1. The number of carboxylic acids is 2. The topological polar surface area (TPSA) is 120 Å². The van der Waals surface area contributed by atoms with E-state index in [-0.39, 0.29) is 0 Å². The van der Waals surface area contributed by atoms with E-state index in [1.807, 2.05) is 36.4 Å². The van der Waals surface area contributed by atoms with Gasteiger partial charge in [-0.05, 0) is 18.2 Å². The number of phenolic OH excluding ortho intramolecular Hbond substituents is 1. The van der Waals surface area contributed by atoms with E-state index < -0.39 is 11.9 Å². The summed E-state index contributed by atoms with van der Waals surface area (Å²) in [5.41, 5.74) is 1.90. The summed E-state index contributed by atoms with van der Waals surface area (Å²) in [7, 11) is 0. The van der Waals surface area contributed by atoms with Crippen molar-refractivity contribution in [3.63, 3.8) is 0 Å². The summed E-state index contributed by atoms with van der Waals surface area (Å²) in [5, 5.41) is 27.6. The normalized spacial score (nSPS) is 9.45. The van der Waals surface area contributed by atoms with E-state index in [0.29, 0.717) is 18.8 Å². The molecular formula is C15H16N2O5. The first kappa shape index (κ1) is 17.1. The van der Waals surface area contributed by atoms with Gasteiger partial charge in [0.05, 0.1) is 5.69 Å². The van der Waals surface area contributed by atoms with Gasteiger partial charge in [-0.3, -0.25) is 4.98 Å². The Labute approximate surface area is 126 Å². The number of carboxylic acid groups (broad SMARTS) is 2. The zero-order chi connectivity index (χ0) is 16.4. The van der Waals surface area contributed by atoms with E-state index >= 15 is 0 Å². The van der Waals surface area contributed by atoms with Gasteiger partial charge in [-0.2, -0.15) is 0 Å². The molecular weight excluding hydrogens is 288 g/mol. The van der Waals surface area contributed by atoms with Crippen LogP contribution >= 0.6 is 0 Å². The number of benzene rings is 1. The summed E-state index contributed by atoms with van der Waals surface area (Å²) >= 11 is 0. The van der Waals surface area contributed by atoms with Crippen molar-refractivity contribution in [2.24, 2.45) is 0 Å². The average molecular weight is 304 g/mol. The lowest BCUT2D eigenvalue weighted by Crippen LogP contribution is -2.13. The SMILES string of the molecule is O=C(O)C(=O)O.Oc1ccccc1CNCc1ccccn1. The predicted molar refractivity (Wildman–Crippen MR) is 78.2 cm³/mol. The summed E-state index contributed by atoms with van der Waals surface area (Å²) in [6.45, 7) is 1.35. The van der Waals surface area contributed by atoms with Crippen LogP contribution in [0.25, 0.3) is 0 Å². The lowest BCUT2D eigenvalue weighted by molar-refractivity contribution is -0.159. The molecule has 0 unspecified atom stereocenters. The van der Waals surface area contributed by atoms with Crippen LogP contribution in [0.1, 0.15) is 11.3 Å². The molecule has 0 atom stereocenters. The predicted octanol–water partition coefficient (Wildman–Crippen LogP) is 1.23. The minimum atomic E-state index is -1.82. The average Bonchev–Trinajstić information content (AvgIpc) is 2.51. The van der Waals surface area contributed by atoms with Crippen molar-refractivity contribution in [1.82, 2.24) is 10.3 Å². The van der Waals surface area contributed by atoms with Crippen LogP contribution in [0.5, 0.6) is 5.75 Å². The first-order chi connectivity index (χ1) is 10.5. The van der Waals surface area contributed by atoms with Crippen LogP contribution in [0.4, 0.5) is 0 Å². The molecule has 0 amide bonds. The smallest absolute Gasteiger partial charge is 0.414 e. The van der Waals surface area contributed by atoms with Gasteiger partial charge in [0, 0.05) is 24.8 Å². The van der Waals surface area contributed by atoms with Gasteiger partial charge in [-0.15, -0.1) is 0 Å². The second kappa shape index (κ2) is 9.09. The Balaban J connectivity index is 0.000000346. The number of nitrogens with zero attached hydrogens (tertiary/aromatic N) is 1. The molecule has 0 saturated carbocycles. The number of rotatable bonds is 4. The first-order valence-electron chi connectivity index (χ1n) is 6.34. The Kier molecular flexibility index (Phi) is 7.07. The zero-order valence-corrected chi connectivity index (χ0v) is 11.6. The summed E-state index contributed by atoms with van der Waals surface area (Å²) in [6.07, 6.45) is 1.77. The maximum Gasteiger partial charge on any atom is 0.414 e. The molecule has 7 heteroatoms. The Morgan fingerprint density at radius 2 is 1.59 bits per heavy atom. The maximum atomic E-state index is 9.55. The molecule has 1 aromatic carbocycles. The highest BCUT2D eigenvalue weighted by Crippen LogP contribution is 2.14. The van der Waals surface area contributed by atoms with Gasteiger partial charge < -0.3 is 20.6 Å². The van der Waals surface area contributed by atoms with Gasteiger partial charge >= 0.3 is 11.9 Å². The second-order valence-electron chi connectivity index (χ2n) is 4.16. The molecule has 0 saturated heterocycles. The van der Waals surface area contributed by atoms with Crippen LogP contribution in [0.15, 0.2) is 48.7 Å². The first-order valence-corrected chi connectivity index (χ1v) is 6.34. The molecule has 0 bridgehead atoms. The highest BCUT2D eigenvalue weighted by atomic mass is 16.4. The minimum absolute atomic E-state index is 0.330. The summed E-state index contributed by atoms with van der Waals surface area (Å²) in [4.78, 5) is 22.4. The van der Waals surface area contributed by atoms with Crippen molar-refractivity contribution < 1.29 is 24.9 Å². The molecule has 7 nitrogen and oxygen atoms in total. The van der Waals surface area contributed by atoms with Crippen LogP contribution in [-0.4, -0.2) is 32.2 Å². The van der Waals surface area contributed by atoms with Crippen molar-refractivity contribution in [3.05, 3.63) is 59.9 Å². The lowest BCUT2D eigenvalue weighted by Gasteiger charge is -2.05. The largest absolute Gasteiger partial charge is 0.508 e. The van der Waals surface area contributed by atoms with Crippen molar-refractivity contribution in [1.29, 1.82) is 0 Å². The highest BCUT2D eigenvalue weighted by molar-refractivity contribution is 6.27. The molecule has 1 heterocycles. The molecule has 0 aliphatic rings. The van der Waals surface area contributed by atoms with Crippen LogP contribution in [0.2, 0.25) is 0 Å². The monoisotopic (exact) mass is 304 g/mol. The Morgan fingerprint density at radius 3 is 2.14 bits per heavy atom. The number of phenols is 1. The standard InChI is InChI=1S/C13H14N2O.C2H2O4/c16-13-7-2-1-5-11(13)9-14-10-12-6-3-4-8-15-12;3-1(4)2(5)6/h1-8,14,16H,9-10H2;(H,3,4)(H,5,6). The van der Waals surface area contributed by atoms with E-state index in [1.165, 1.54) is 0 Å². The maximum absolute atomic E-state index is 9.55. The van der Waals surface area contributed by atoms with Crippen molar-refractivity contribution >= 4 is 11.9 Å². The molecule has 116 valence electrons. The van der Waals surface area contributed by atoms with Crippen LogP contribution in [0, 0.1) is 0 Å². The van der Waals surface area contributed by atoms with E-state index in [9.17, 15) is 5.11 Å². The molecule has 0 fully saturated rings. The second-order valence-corrected chi connectivity index (χ2v) is 4.16. The molecule has 0 radical (unpaired) electrons. The number of para-hydroxylation sites is 1. The van der Waals surface area contributed by atoms with E-state index in [4.69, 9.17) is 19.8 Å². The highest BCUT2D eigenvalue weighted by Gasteiger charge is 2.04. The van der Waals surface area contributed by atoms with Crippen molar-refractivity contribution in [3.8, 4) is 5.75 Å². The fraction of sp³-hybridized carbons (Fsp3) is 0.133. The van der Waals surface area contributed by atoms with Gasteiger partial charge in [-0.1, -0.05) is 24.3 Å². The van der Waals surface area contributed by atoms with Crippen LogP contribution in [0.3, 0.4) is 0 Å². The summed E-state index contributed by atoms with van der Waals surface area (Å²) in [5.74, 6) is -3.32. The van der Waals surface area contributed by atoms with Gasteiger partial charge in [0.2, 0.25) is 0 Å². The minimum Gasteiger partial charge on any atom is -0.508 e.